The Hall–Kier alpha value is -1.10. The second-order valence-corrected chi connectivity index (χ2v) is 3.51. The van der Waals surface area contributed by atoms with Crippen LogP contribution in [0.25, 0.3) is 0 Å². The second-order valence-electron chi connectivity index (χ2n) is 3.51. The number of carbonyl (C=O) groups excluding carboxylic acids is 2. The third-order valence-corrected chi connectivity index (χ3v) is 2.18. The Morgan fingerprint density at radius 2 is 1.87 bits per heavy atom. The summed E-state index contributed by atoms with van der Waals surface area (Å²) in [5.41, 5.74) is 0. The van der Waals surface area contributed by atoms with E-state index in [9.17, 15) is 9.59 Å². The molecule has 1 heterocycles. The van der Waals surface area contributed by atoms with E-state index in [1.807, 2.05) is 6.92 Å². The predicted molar refractivity (Wildman–Crippen MR) is 50.9 cm³/mol. The van der Waals surface area contributed by atoms with Gasteiger partial charge in [0.05, 0.1) is 6.10 Å². The van der Waals surface area contributed by atoms with Gasteiger partial charge in [-0.25, -0.2) is 0 Å². The van der Waals surface area contributed by atoms with Crippen LogP contribution in [0.15, 0.2) is 0 Å². The maximum atomic E-state index is 10.8. The van der Waals surface area contributed by atoms with Gasteiger partial charge in [0, 0.05) is 20.3 Å². The maximum absolute atomic E-state index is 10.8. The molecule has 5 heteroatoms. The standard InChI is InChI=1S/C10H16O5/c1-4-8-9(13-6(2)11)5-10(15-8)14-7(3)12/h8-10H,4-5H2,1-3H3/t8-,9-,10?/m1/s1. The van der Waals surface area contributed by atoms with Gasteiger partial charge in [-0.1, -0.05) is 6.92 Å². The van der Waals surface area contributed by atoms with Crippen molar-refractivity contribution in [3.63, 3.8) is 0 Å². The van der Waals surface area contributed by atoms with Crippen LogP contribution < -0.4 is 0 Å². The third-order valence-electron chi connectivity index (χ3n) is 2.18. The van der Waals surface area contributed by atoms with E-state index in [1.165, 1.54) is 13.8 Å². The lowest BCUT2D eigenvalue weighted by Gasteiger charge is -2.15. The molecule has 0 N–H and O–H groups in total. The van der Waals surface area contributed by atoms with Crippen molar-refractivity contribution in [2.45, 2.75) is 52.1 Å². The molecule has 0 aliphatic carbocycles. The highest BCUT2D eigenvalue weighted by atomic mass is 16.7. The van der Waals surface area contributed by atoms with Crippen LogP contribution in [-0.4, -0.2) is 30.4 Å². The minimum absolute atomic E-state index is 0.182. The van der Waals surface area contributed by atoms with Gasteiger partial charge in [-0.3, -0.25) is 9.59 Å². The first-order chi connectivity index (χ1) is 7.02. The number of hydrogen-bond acceptors (Lipinski definition) is 5. The topological polar surface area (TPSA) is 61.8 Å². The molecule has 15 heavy (non-hydrogen) atoms. The SMILES string of the molecule is CC[C@H]1OC(OC(C)=O)C[C@H]1OC(C)=O. The van der Waals surface area contributed by atoms with Gasteiger partial charge in [0.25, 0.3) is 0 Å². The molecule has 1 rings (SSSR count). The highest BCUT2D eigenvalue weighted by Crippen LogP contribution is 2.26. The lowest BCUT2D eigenvalue weighted by Crippen LogP contribution is -2.25. The van der Waals surface area contributed by atoms with Crippen LogP contribution in [-0.2, 0) is 23.8 Å². The molecule has 0 saturated carbocycles. The van der Waals surface area contributed by atoms with Gasteiger partial charge in [-0.2, -0.15) is 0 Å². The average Bonchev–Trinajstić information content (AvgIpc) is 2.45. The van der Waals surface area contributed by atoms with E-state index in [2.05, 4.69) is 0 Å². The van der Waals surface area contributed by atoms with E-state index in [4.69, 9.17) is 14.2 Å². The zero-order chi connectivity index (χ0) is 11.4. The molecule has 1 aliphatic rings. The molecule has 0 aromatic carbocycles. The summed E-state index contributed by atoms with van der Waals surface area (Å²) in [5, 5.41) is 0. The molecule has 0 bridgehead atoms. The molecule has 0 radical (unpaired) electrons. The highest BCUT2D eigenvalue weighted by molar-refractivity contribution is 5.66. The Balaban J connectivity index is 2.50. The molecular formula is C10H16O5. The van der Waals surface area contributed by atoms with Gasteiger partial charge in [-0.15, -0.1) is 0 Å². The maximum Gasteiger partial charge on any atom is 0.304 e. The lowest BCUT2D eigenvalue weighted by molar-refractivity contribution is -0.173. The summed E-state index contributed by atoms with van der Waals surface area (Å²) in [6.45, 7) is 4.60. The van der Waals surface area contributed by atoms with Crippen molar-refractivity contribution >= 4 is 11.9 Å². The van der Waals surface area contributed by atoms with Gasteiger partial charge in [0.15, 0.2) is 0 Å². The Morgan fingerprint density at radius 1 is 1.27 bits per heavy atom. The number of carbonyl (C=O) groups is 2. The minimum Gasteiger partial charge on any atom is -0.460 e. The number of hydrogen-bond donors (Lipinski definition) is 0. The number of rotatable bonds is 3. The van der Waals surface area contributed by atoms with Crippen molar-refractivity contribution in [1.82, 2.24) is 0 Å². The van der Waals surface area contributed by atoms with Gasteiger partial charge in [0.1, 0.15) is 6.10 Å². The zero-order valence-corrected chi connectivity index (χ0v) is 9.19. The van der Waals surface area contributed by atoms with E-state index < -0.39 is 12.3 Å². The molecule has 86 valence electrons. The molecule has 1 saturated heterocycles. The summed E-state index contributed by atoms with van der Waals surface area (Å²) >= 11 is 0. The predicted octanol–water partition coefficient (Wildman–Crippen LogP) is 1.01. The molecular weight excluding hydrogens is 200 g/mol. The molecule has 0 amide bonds. The van der Waals surface area contributed by atoms with Crippen molar-refractivity contribution < 1.29 is 23.8 Å². The van der Waals surface area contributed by atoms with Gasteiger partial charge in [-0.05, 0) is 6.42 Å². The molecule has 0 aromatic rings. The van der Waals surface area contributed by atoms with Gasteiger partial charge >= 0.3 is 11.9 Å². The summed E-state index contributed by atoms with van der Waals surface area (Å²) < 4.78 is 15.4. The molecule has 0 spiro atoms. The van der Waals surface area contributed by atoms with Crippen LogP contribution in [0.5, 0.6) is 0 Å². The summed E-state index contributed by atoms with van der Waals surface area (Å²) in [4.78, 5) is 21.5. The van der Waals surface area contributed by atoms with E-state index in [0.29, 0.717) is 6.42 Å². The van der Waals surface area contributed by atoms with Crippen molar-refractivity contribution in [3.8, 4) is 0 Å². The molecule has 1 unspecified atom stereocenters. The smallest absolute Gasteiger partial charge is 0.304 e. The van der Waals surface area contributed by atoms with Crippen molar-refractivity contribution in [1.29, 1.82) is 0 Å². The molecule has 3 atom stereocenters. The van der Waals surface area contributed by atoms with Crippen molar-refractivity contribution in [2.75, 3.05) is 0 Å². The fraction of sp³-hybridized carbons (Fsp3) is 0.800. The zero-order valence-electron chi connectivity index (χ0n) is 9.19. The third kappa shape index (κ3) is 3.51. The van der Waals surface area contributed by atoms with E-state index in [-0.39, 0.29) is 18.2 Å². The highest BCUT2D eigenvalue weighted by Gasteiger charge is 2.37. The summed E-state index contributed by atoms with van der Waals surface area (Å²) in [5.74, 6) is -0.733. The average molecular weight is 216 g/mol. The summed E-state index contributed by atoms with van der Waals surface area (Å²) in [7, 11) is 0. The van der Waals surface area contributed by atoms with Crippen LogP contribution in [0.3, 0.4) is 0 Å². The van der Waals surface area contributed by atoms with Crippen LogP contribution in [0.1, 0.15) is 33.6 Å². The Kier molecular flexibility index (Phi) is 4.08. The summed E-state index contributed by atoms with van der Waals surface area (Å²) in [6.07, 6.45) is 0.0554. The van der Waals surface area contributed by atoms with E-state index in [0.717, 1.165) is 6.42 Å². The van der Waals surface area contributed by atoms with Crippen molar-refractivity contribution in [3.05, 3.63) is 0 Å². The fourth-order valence-corrected chi connectivity index (χ4v) is 1.64. The number of ether oxygens (including phenoxy) is 3. The first kappa shape index (κ1) is 12.0. The van der Waals surface area contributed by atoms with Gasteiger partial charge < -0.3 is 14.2 Å². The Morgan fingerprint density at radius 3 is 2.33 bits per heavy atom. The monoisotopic (exact) mass is 216 g/mol. The Labute approximate surface area is 88.7 Å². The first-order valence-corrected chi connectivity index (χ1v) is 5.02. The minimum atomic E-state index is -0.586. The van der Waals surface area contributed by atoms with Crippen LogP contribution in [0.4, 0.5) is 0 Å². The lowest BCUT2D eigenvalue weighted by atomic mass is 10.1. The molecule has 5 nitrogen and oxygen atoms in total. The van der Waals surface area contributed by atoms with E-state index in [1.54, 1.807) is 0 Å². The van der Waals surface area contributed by atoms with Crippen LogP contribution >= 0.6 is 0 Å². The van der Waals surface area contributed by atoms with E-state index >= 15 is 0 Å². The molecule has 1 aliphatic heterocycles. The second kappa shape index (κ2) is 5.11. The molecule has 0 aromatic heterocycles. The Bertz CT molecular complexity index is 250. The first-order valence-electron chi connectivity index (χ1n) is 5.02. The van der Waals surface area contributed by atoms with Crippen molar-refractivity contribution in [2.24, 2.45) is 0 Å². The quantitative estimate of drug-likeness (QED) is 0.659. The van der Waals surface area contributed by atoms with Crippen LogP contribution in [0.2, 0.25) is 0 Å². The number of esters is 2. The largest absolute Gasteiger partial charge is 0.460 e. The normalized spacial score (nSPS) is 29.9. The van der Waals surface area contributed by atoms with Gasteiger partial charge in [0.2, 0.25) is 6.29 Å². The fourth-order valence-electron chi connectivity index (χ4n) is 1.64. The van der Waals surface area contributed by atoms with Crippen LogP contribution in [0, 0.1) is 0 Å². The molecule has 1 fully saturated rings. The summed E-state index contributed by atoms with van der Waals surface area (Å²) in [6, 6.07) is 0.